The number of aliphatic hydroxyl groups excluding tert-OH is 1. The summed E-state index contributed by atoms with van der Waals surface area (Å²) >= 11 is 0. The first-order valence-corrected chi connectivity index (χ1v) is 6.60. The van der Waals surface area contributed by atoms with E-state index in [1.807, 2.05) is 6.07 Å². The molecule has 1 fully saturated rings. The van der Waals surface area contributed by atoms with E-state index in [1.165, 1.54) is 0 Å². The maximum Gasteiger partial charge on any atom is 0.258 e. The molecule has 5 nitrogen and oxygen atoms in total. The van der Waals surface area contributed by atoms with E-state index in [0.29, 0.717) is 37.7 Å². The van der Waals surface area contributed by atoms with Gasteiger partial charge in [-0.25, -0.2) is 0 Å². The molecule has 1 aliphatic heterocycles. The standard InChI is InChI=1S/C15H19NO4/c1-2-8-20-14-6-4-3-5-13(14)15(18)16-7-9-19-11-12(16)10-17/h2-6,12,17H,1,7-11H2. The molecule has 0 aliphatic carbocycles. The maximum atomic E-state index is 12.6. The molecule has 0 spiro atoms. The van der Waals surface area contributed by atoms with E-state index in [9.17, 15) is 9.90 Å². The van der Waals surface area contributed by atoms with E-state index >= 15 is 0 Å². The predicted octanol–water partition coefficient (Wildman–Crippen LogP) is 1.08. The average Bonchev–Trinajstić information content (AvgIpc) is 2.52. The summed E-state index contributed by atoms with van der Waals surface area (Å²) < 4.78 is 10.8. The van der Waals surface area contributed by atoms with Crippen molar-refractivity contribution in [2.45, 2.75) is 6.04 Å². The van der Waals surface area contributed by atoms with E-state index in [-0.39, 0.29) is 18.6 Å². The second-order valence-corrected chi connectivity index (χ2v) is 4.51. The highest BCUT2D eigenvalue weighted by Gasteiger charge is 2.28. The molecule has 1 unspecified atom stereocenters. The summed E-state index contributed by atoms with van der Waals surface area (Å²) in [5, 5.41) is 9.35. The third-order valence-electron chi connectivity index (χ3n) is 3.17. The van der Waals surface area contributed by atoms with Crippen LogP contribution in [0.25, 0.3) is 0 Å². The molecule has 0 saturated carbocycles. The van der Waals surface area contributed by atoms with Gasteiger partial charge in [-0.1, -0.05) is 24.8 Å². The summed E-state index contributed by atoms with van der Waals surface area (Å²) in [6.07, 6.45) is 1.63. The summed E-state index contributed by atoms with van der Waals surface area (Å²) in [4.78, 5) is 14.2. The Morgan fingerprint density at radius 3 is 3.10 bits per heavy atom. The third kappa shape index (κ3) is 3.18. The van der Waals surface area contributed by atoms with Crippen LogP contribution in [0.3, 0.4) is 0 Å². The summed E-state index contributed by atoms with van der Waals surface area (Å²) in [7, 11) is 0. The zero-order valence-electron chi connectivity index (χ0n) is 11.3. The lowest BCUT2D eigenvalue weighted by molar-refractivity contribution is -0.0185. The van der Waals surface area contributed by atoms with Crippen LogP contribution in [0.1, 0.15) is 10.4 Å². The number of carbonyl (C=O) groups is 1. The van der Waals surface area contributed by atoms with Crippen LogP contribution in [0.5, 0.6) is 5.75 Å². The van der Waals surface area contributed by atoms with Crippen molar-refractivity contribution in [1.29, 1.82) is 0 Å². The Morgan fingerprint density at radius 2 is 2.35 bits per heavy atom. The second kappa shape index (κ2) is 7.07. The van der Waals surface area contributed by atoms with Gasteiger partial charge in [-0.2, -0.15) is 0 Å². The molecule has 1 heterocycles. The number of morpholine rings is 1. The summed E-state index contributed by atoms with van der Waals surface area (Å²) in [6, 6.07) is 6.79. The van der Waals surface area contributed by atoms with Gasteiger partial charge in [-0.15, -0.1) is 0 Å². The Balaban J connectivity index is 2.21. The first kappa shape index (κ1) is 14.6. The van der Waals surface area contributed by atoms with Gasteiger partial charge in [0, 0.05) is 6.54 Å². The largest absolute Gasteiger partial charge is 0.489 e. The first-order valence-electron chi connectivity index (χ1n) is 6.60. The number of carbonyl (C=O) groups excluding carboxylic acids is 1. The number of nitrogens with zero attached hydrogens (tertiary/aromatic N) is 1. The number of aliphatic hydroxyl groups is 1. The normalized spacial score (nSPS) is 18.6. The van der Waals surface area contributed by atoms with Crippen LogP contribution in [0.15, 0.2) is 36.9 Å². The van der Waals surface area contributed by atoms with Crippen LogP contribution >= 0.6 is 0 Å². The van der Waals surface area contributed by atoms with Crippen LogP contribution in [0.4, 0.5) is 0 Å². The van der Waals surface area contributed by atoms with E-state index in [4.69, 9.17) is 9.47 Å². The fourth-order valence-electron chi connectivity index (χ4n) is 2.15. The molecule has 20 heavy (non-hydrogen) atoms. The number of rotatable bonds is 5. The van der Waals surface area contributed by atoms with Crippen molar-refractivity contribution in [1.82, 2.24) is 4.90 Å². The van der Waals surface area contributed by atoms with Crippen LogP contribution in [-0.4, -0.2) is 54.9 Å². The van der Waals surface area contributed by atoms with E-state index in [2.05, 4.69) is 6.58 Å². The lowest BCUT2D eigenvalue weighted by Gasteiger charge is -2.34. The van der Waals surface area contributed by atoms with E-state index in [0.717, 1.165) is 0 Å². The minimum atomic E-state index is -0.302. The minimum Gasteiger partial charge on any atom is -0.489 e. The number of ether oxygens (including phenoxy) is 2. The molecule has 1 aromatic rings. The molecule has 5 heteroatoms. The number of amides is 1. The van der Waals surface area contributed by atoms with Crippen LogP contribution in [0, 0.1) is 0 Å². The SMILES string of the molecule is C=CCOc1ccccc1C(=O)N1CCOCC1CO. The Morgan fingerprint density at radius 1 is 1.55 bits per heavy atom. The molecular formula is C15H19NO4. The first-order chi connectivity index (χ1) is 9.77. The van der Waals surface area contributed by atoms with Crippen molar-refractivity contribution in [2.24, 2.45) is 0 Å². The minimum absolute atomic E-state index is 0.110. The lowest BCUT2D eigenvalue weighted by atomic mass is 10.1. The fraction of sp³-hybridized carbons (Fsp3) is 0.400. The molecule has 2 rings (SSSR count). The average molecular weight is 277 g/mol. The Bertz CT molecular complexity index is 475. The molecule has 1 atom stereocenters. The molecular weight excluding hydrogens is 258 g/mol. The predicted molar refractivity (Wildman–Crippen MR) is 74.9 cm³/mol. The molecule has 1 amide bonds. The number of hydrogen-bond acceptors (Lipinski definition) is 4. The number of para-hydroxylation sites is 1. The Kier molecular flexibility index (Phi) is 5.15. The van der Waals surface area contributed by atoms with Gasteiger partial charge in [0.05, 0.1) is 31.4 Å². The van der Waals surface area contributed by atoms with Gasteiger partial charge >= 0.3 is 0 Å². The van der Waals surface area contributed by atoms with Gasteiger partial charge in [0.1, 0.15) is 12.4 Å². The quantitative estimate of drug-likeness (QED) is 0.818. The van der Waals surface area contributed by atoms with Gasteiger partial charge in [-0.3, -0.25) is 4.79 Å². The van der Waals surface area contributed by atoms with Crippen LogP contribution < -0.4 is 4.74 Å². The van der Waals surface area contributed by atoms with Gasteiger partial charge in [0.2, 0.25) is 0 Å². The molecule has 1 saturated heterocycles. The summed E-state index contributed by atoms with van der Waals surface area (Å²) in [5.41, 5.74) is 0.495. The lowest BCUT2D eigenvalue weighted by Crippen LogP contribution is -2.50. The van der Waals surface area contributed by atoms with Crippen molar-refractivity contribution in [3.05, 3.63) is 42.5 Å². The Labute approximate surface area is 118 Å². The molecule has 1 aromatic carbocycles. The van der Waals surface area contributed by atoms with Crippen molar-refractivity contribution in [3.8, 4) is 5.75 Å². The maximum absolute atomic E-state index is 12.6. The molecule has 0 radical (unpaired) electrons. The highest BCUT2D eigenvalue weighted by molar-refractivity contribution is 5.97. The molecule has 1 N–H and O–H groups in total. The van der Waals surface area contributed by atoms with Gasteiger partial charge < -0.3 is 19.5 Å². The fourth-order valence-corrected chi connectivity index (χ4v) is 2.15. The monoisotopic (exact) mass is 277 g/mol. The zero-order valence-corrected chi connectivity index (χ0v) is 11.3. The molecule has 108 valence electrons. The highest BCUT2D eigenvalue weighted by Crippen LogP contribution is 2.22. The highest BCUT2D eigenvalue weighted by atomic mass is 16.5. The molecule has 0 bridgehead atoms. The van der Waals surface area contributed by atoms with Gasteiger partial charge in [0.15, 0.2) is 0 Å². The Hall–Kier alpha value is -1.85. The summed E-state index contributed by atoms with van der Waals surface area (Å²) in [6.45, 7) is 5.15. The second-order valence-electron chi connectivity index (χ2n) is 4.51. The smallest absolute Gasteiger partial charge is 0.258 e. The van der Waals surface area contributed by atoms with E-state index < -0.39 is 0 Å². The number of benzene rings is 1. The van der Waals surface area contributed by atoms with Crippen molar-refractivity contribution < 1.29 is 19.4 Å². The van der Waals surface area contributed by atoms with Gasteiger partial charge in [-0.05, 0) is 12.1 Å². The van der Waals surface area contributed by atoms with Crippen molar-refractivity contribution in [3.63, 3.8) is 0 Å². The number of hydrogen-bond donors (Lipinski definition) is 1. The molecule has 1 aliphatic rings. The van der Waals surface area contributed by atoms with Crippen LogP contribution in [0.2, 0.25) is 0 Å². The van der Waals surface area contributed by atoms with Crippen molar-refractivity contribution >= 4 is 5.91 Å². The third-order valence-corrected chi connectivity index (χ3v) is 3.17. The molecule has 0 aromatic heterocycles. The van der Waals surface area contributed by atoms with Gasteiger partial charge in [0.25, 0.3) is 5.91 Å². The topological polar surface area (TPSA) is 59.0 Å². The van der Waals surface area contributed by atoms with Crippen molar-refractivity contribution in [2.75, 3.05) is 33.0 Å². The van der Waals surface area contributed by atoms with Crippen LogP contribution in [-0.2, 0) is 4.74 Å². The summed E-state index contributed by atoms with van der Waals surface area (Å²) in [5.74, 6) is 0.382. The zero-order chi connectivity index (χ0) is 14.4. The van der Waals surface area contributed by atoms with E-state index in [1.54, 1.807) is 29.2 Å².